The first kappa shape index (κ1) is 19.5. The zero-order valence-electron chi connectivity index (χ0n) is 15.6. The predicted molar refractivity (Wildman–Crippen MR) is 102 cm³/mol. The van der Waals surface area contributed by atoms with E-state index in [4.69, 9.17) is 4.74 Å². The van der Waals surface area contributed by atoms with Crippen molar-refractivity contribution >= 4 is 29.5 Å². The molecule has 0 spiro atoms. The first-order chi connectivity index (χ1) is 12.7. The highest BCUT2D eigenvalue weighted by atomic mass is 32.2. The molecule has 2 heterocycles. The lowest BCUT2D eigenvalue weighted by Crippen LogP contribution is -2.70. The van der Waals surface area contributed by atoms with Crippen LogP contribution in [0.2, 0.25) is 0 Å². The van der Waals surface area contributed by atoms with Crippen LogP contribution in [0, 0.1) is 0 Å². The Morgan fingerprint density at radius 3 is 2.56 bits per heavy atom. The minimum Gasteiger partial charge on any atom is -0.493 e. The van der Waals surface area contributed by atoms with E-state index in [2.05, 4.69) is 12.2 Å². The number of benzene rings is 1. The van der Waals surface area contributed by atoms with Crippen molar-refractivity contribution in [3.8, 4) is 5.75 Å². The van der Waals surface area contributed by atoms with Crippen LogP contribution in [0.1, 0.15) is 32.8 Å². The number of nitrogens with one attached hydrogen (secondary N) is 1. The molecule has 0 bridgehead atoms. The molecule has 27 heavy (non-hydrogen) atoms. The van der Waals surface area contributed by atoms with E-state index in [1.165, 1.54) is 22.2 Å². The number of aliphatic carboxylic acids is 1. The Morgan fingerprint density at radius 2 is 1.96 bits per heavy atom. The van der Waals surface area contributed by atoms with Gasteiger partial charge in [0.05, 0.1) is 13.0 Å². The average molecular weight is 392 g/mol. The number of rotatable bonds is 7. The maximum absolute atomic E-state index is 12.3. The second-order valence-electron chi connectivity index (χ2n) is 7.24. The van der Waals surface area contributed by atoms with Crippen molar-refractivity contribution in [2.75, 3.05) is 6.61 Å². The number of carboxylic acids is 1. The molecule has 146 valence electrons. The van der Waals surface area contributed by atoms with Gasteiger partial charge < -0.3 is 20.1 Å². The molecule has 7 nitrogen and oxygen atoms in total. The molecule has 2 fully saturated rings. The van der Waals surface area contributed by atoms with Crippen molar-refractivity contribution in [3.63, 3.8) is 0 Å². The maximum atomic E-state index is 12.3. The first-order valence-corrected chi connectivity index (χ1v) is 9.86. The number of amides is 2. The largest absolute Gasteiger partial charge is 0.493 e. The molecule has 2 aliphatic rings. The Balaban J connectivity index is 1.49. The number of fused-ring (bicyclic) bond motifs is 1. The van der Waals surface area contributed by atoms with Crippen LogP contribution in [0.3, 0.4) is 0 Å². The van der Waals surface area contributed by atoms with Gasteiger partial charge in [-0.2, -0.15) is 0 Å². The molecule has 1 aromatic rings. The predicted octanol–water partition coefficient (Wildman–Crippen LogP) is 1.65. The average Bonchev–Trinajstić information content (AvgIpc) is 2.88. The monoisotopic (exact) mass is 392 g/mol. The van der Waals surface area contributed by atoms with Gasteiger partial charge in [-0.05, 0) is 38.0 Å². The van der Waals surface area contributed by atoms with E-state index in [0.29, 0.717) is 5.75 Å². The number of hydrogen-bond acceptors (Lipinski definition) is 5. The van der Waals surface area contributed by atoms with Crippen molar-refractivity contribution in [2.24, 2.45) is 0 Å². The van der Waals surface area contributed by atoms with Gasteiger partial charge in [0, 0.05) is 4.75 Å². The second kappa shape index (κ2) is 7.42. The zero-order valence-corrected chi connectivity index (χ0v) is 16.4. The standard InChI is InChI=1S/C19H24N2O5S/c1-4-11-5-7-12(8-6-11)26-10-9-13(22)20-14-16(23)21-15(18(24)25)19(2,3)27-17(14)21/h5-8,14-15,17H,4,9-10H2,1-3H3,(H,20,22)(H,24,25)/t14-,15+,17-/m1/s1. The van der Waals surface area contributed by atoms with E-state index in [-0.39, 0.29) is 30.2 Å². The first-order valence-electron chi connectivity index (χ1n) is 8.98. The molecule has 1 aromatic carbocycles. The SMILES string of the molecule is CCc1ccc(OCCC(=O)N[C@@H]2C(=O)N3[C@@H]2SC(C)(C)[C@@H]3C(=O)O)cc1. The summed E-state index contributed by atoms with van der Waals surface area (Å²) in [6.07, 6.45) is 1.08. The van der Waals surface area contributed by atoms with Crippen molar-refractivity contribution in [1.29, 1.82) is 0 Å². The fraction of sp³-hybridized carbons (Fsp3) is 0.526. The summed E-state index contributed by atoms with van der Waals surface area (Å²) in [5, 5.41) is 11.8. The van der Waals surface area contributed by atoms with E-state index < -0.39 is 22.8 Å². The number of thioether (sulfide) groups is 1. The number of carbonyl (C=O) groups is 3. The molecule has 2 amide bonds. The smallest absolute Gasteiger partial charge is 0.327 e. The van der Waals surface area contributed by atoms with Crippen LogP contribution in [0.4, 0.5) is 0 Å². The molecule has 0 aromatic heterocycles. The van der Waals surface area contributed by atoms with Gasteiger partial charge in [-0.1, -0.05) is 19.1 Å². The molecular weight excluding hydrogens is 368 g/mol. The van der Waals surface area contributed by atoms with Gasteiger partial charge in [-0.15, -0.1) is 11.8 Å². The minimum atomic E-state index is -1.02. The summed E-state index contributed by atoms with van der Waals surface area (Å²) in [6, 6.07) is 6.16. The summed E-state index contributed by atoms with van der Waals surface area (Å²) in [5.41, 5.74) is 1.21. The third-order valence-corrected chi connectivity index (χ3v) is 6.49. The highest BCUT2D eigenvalue weighted by molar-refractivity contribution is 8.01. The van der Waals surface area contributed by atoms with Gasteiger partial charge in [0.1, 0.15) is 23.2 Å². The molecule has 0 aliphatic carbocycles. The van der Waals surface area contributed by atoms with Gasteiger partial charge in [-0.25, -0.2) is 4.79 Å². The Kier molecular flexibility index (Phi) is 5.37. The molecular formula is C19H24N2O5S. The van der Waals surface area contributed by atoms with E-state index >= 15 is 0 Å². The van der Waals surface area contributed by atoms with Gasteiger partial charge in [0.25, 0.3) is 0 Å². The minimum absolute atomic E-state index is 0.127. The summed E-state index contributed by atoms with van der Waals surface area (Å²) in [5.74, 6) is -0.941. The summed E-state index contributed by atoms with van der Waals surface area (Å²) >= 11 is 1.41. The highest BCUT2D eigenvalue weighted by Crippen LogP contribution is 2.50. The number of β-lactam (4-membered cyclic amide) rings is 1. The van der Waals surface area contributed by atoms with E-state index in [0.717, 1.165) is 6.42 Å². The third-order valence-electron chi connectivity index (χ3n) is 4.92. The molecule has 0 saturated carbocycles. The van der Waals surface area contributed by atoms with E-state index in [1.807, 2.05) is 24.3 Å². The lowest BCUT2D eigenvalue weighted by Gasteiger charge is -2.43. The van der Waals surface area contributed by atoms with Crippen molar-refractivity contribution in [3.05, 3.63) is 29.8 Å². The van der Waals surface area contributed by atoms with Crippen molar-refractivity contribution in [2.45, 2.75) is 55.8 Å². The Bertz CT molecular complexity index is 749. The normalized spacial score (nSPS) is 25.5. The number of carboxylic acid groups (broad SMARTS) is 1. The number of nitrogens with zero attached hydrogens (tertiary/aromatic N) is 1. The lowest BCUT2D eigenvalue weighted by molar-refractivity contribution is -0.161. The third kappa shape index (κ3) is 3.76. The van der Waals surface area contributed by atoms with Crippen LogP contribution in [0.5, 0.6) is 5.75 Å². The van der Waals surface area contributed by atoms with Crippen molar-refractivity contribution < 1.29 is 24.2 Å². The maximum Gasteiger partial charge on any atom is 0.327 e. The Hall–Kier alpha value is -2.22. The van der Waals surface area contributed by atoms with Gasteiger partial charge in [0.15, 0.2) is 0 Å². The molecule has 0 unspecified atom stereocenters. The van der Waals surface area contributed by atoms with E-state index in [9.17, 15) is 19.5 Å². The van der Waals surface area contributed by atoms with Gasteiger partial charge in [0.2, 0.25) is 11.8 Å². The molecule has 8 heteroatoms. The van der Waals surface area contributed by atoms with Crippen LogP contribution in [-0.4, -0.2) is 56.6 Å². The number of carbonyl (C=O) groups excluding carboxylic acids is 2. The van der Waals surface area contributed by atoms with Gasteiger partial charge in [-0.3, -0.25) is 9.59 Å². The van der Waals surface area contributed by atoms with Crippen LogP contribution in [0.15, 0.2) is 24.3 Å². The number of aryl methyl sites for hydroxylation is 1. The Labute approximate surface area is 162 Å². The van der Waals surface area contributed by atoms with Crippen LogP contribution >= 0.6 is 11.8 Å². The molecule has 2 aliphatic heterocycles. The summed E-state index contributed by atoms with van der Waals surface area (Å²) < 4.78 is 4.97. The number of hydrogen-bond donors (Lipinski definition) is 2. The lowest BCUT2D eigenvalue weighted by atomic mass is 9.96. The highest BCUT2D eigenvalue weighted by Gasteiger charge is 2.64. The van der Waals surface area contributed by atoms with Crippen LogP contribution in [-0.2, 0) is 20.8 Å². The molecule has 3 atom stereocenters. The zero-order chi connectivity index (χ0) is 19.8. The van der Waals surface area contributed by atoms with Crippen LogP contribution < -0.4 is 10.1 Å². The summed E-state index contributed by atoms with van der Waals surface area (Å²) in [6.45, 7) is 5.89. The fourth-order valence-electron chi connectivity index (χ4n) is 3.47. The van der Waals surface area contributed by atoms with Crippen LogP contribution in [0.25, 0.3) is 0 Å². The topological polar surface area (TPSA) is 95.9 Å². The fourth-order valence-corrected chi connectivity index (χ4v) is 5.10. The van der Waals surface area contributed by atoms with E-state index in [1.54, 1.807) is 13.8 Å². The Morgan fingerprint density at radius 1 is 1.30 bits per heavy atom. The van der Waals surface area contributed by atoms with Gasteiger partial charge >= 0.3 is 5.97 Å². The summed E-state index contributed by atoms with van der Waals surface area (Å²) in [4.78, 5) is 37.4. The summed E-state index contributed by atoms with van der Waals surface area (Å²) in [7, 11) is 0. The second-order valence-corrected chi connectivity index (χ2v) is 9.01. The quantitative estimate of drug-likeness (QED) is 0.685. The molecule has 2 saturated heterocycles. The molecule has 0 radical (unpaired) electrons. The van der Waals surface area contributed by atoms with Crippen molar-refractivity contribution in [1.82, 2.24) is 10.2 Å². The number of ether oxygens (including phenoxy) is 1. The molecule has 2 N–H and O–H groups in total. The molecule has 3 rings (SSSR count).